The van der Waals surface area contributed by atoms with E-state index in [0.29, 0.717) is 17.1 Å². The van der Waals surface area contributed by atoms with Gasteiger partial charge in [0.05, 0.1) is 5.71 Å². The van der Waals surface area contributed by atoms with Crippen LogP contribution in [-0.2, 0) is 0 Å². The fourth-order valence-corrected chi connectivity index (χ4v) is 1.51. The molecule has 0 aliphatic carbocycles. The molecule has 0 spiro atoms. The minimum absolute atomic E-state index is 0.0320. The standard InChI is InChI=1S/C11H12N4O2/c1-6-10(11(12)15(2)14-6)13-8-4-3-7(16)5-9(8)17/h3-5,12,16-17H,1-2H3. The number of rotatable bonds is 1. The van der Waals surface area contributed by atoms with Gasteiger partial charge in [-0.3, -0.25) is 5.41 Å². The molecule has 88 valence electrons. The maximum atomic E-state index is 9.60. The zero-order valence-corrected chi connectivity index (χ0v) is 9.47. The minimum Gasteiger partial charge on any atom is -0.508 e. The number of nitrogens with one attached hydrogen (secondary N) is 1. The third-order valence-electron chi connectivity index (χ3n) is 2.38. The highest BCUT2D eigenvalue weighted by atomic mass is 16.3. The summed E-state index contributed by atoms with van der Waals surface area (Å²) >= 11 is 0. The lowest BCUT2D eigenvalue weighted by atomic mass is 10.2. The summed E-state index contributed by atoms with van der Waals surface area (Å²) in [6.45, 7) is 1.74. The van der Waals surface area contributed by atoms with Crippen molar-refractivity contribution in [3.8, 4) is 11.5 Å². The van der Waals surface area contributed by atoms with Gasteiger partial charge in [-0.15, -0.1) is 0 Å². The average Bonchev–Trinajstić information content (AvgIpc) is 2.48. The Balaban J connectivity index is 2.44. The summed E-state index contributed by atoms with van der Waals surface area (Å²) in [6.07, 6.45) is 0. The first-order valence-corrected chi connectivity index (χ1v) is 4.98. The molecule has 0 fully saturated rings. The Kier molecular flexibility index (Phi) is 2.55. The normalized spacial score (nSPS) is 17.8. The van der Waals surface area contributed by atoms with Gasteiger partial charge in [0.1, 0.15) is 22.9 Å². The maximum absolute atomic E-state index is 9.60. The van der Waals surface area contributed by atoms with Crippen molar-refractivity contribution in [3.05, 3.63) is 18.2 Å². The molecule has 6 nitrogen and oxygen atoms in total. The topological polar surface area (TPSA) is 92.3 Å². The van der Waals surface area contributed by atoms with Gasteiger partial charge < -0.3 is 10.2 Å². The fourth-order valence-electron chi connectivity index (χ4n) is 1.51. The smallest absolute Gasteiger partial charge is 0.169 e. The SMILES string of the molecule is CC1=NN(C)C(=N)C1=Nc1ccc(O)cc1O. The molecule has 0 aromatic heterocycles. The van der Waals surface area contributed by atoms with Crippen LogP contribution in [-0.4, -0.2) is 39.5 Å². The van der Waals surface area contributed by atoms with Gasteiger partial charge in [-0.2, -0.15) is 5.10 Å². The van der Waals surface area contributed by atoms with E-state index in [1.54, 1.807) is 14.0 Å². The van der Waals surface area contributed by atoms with Gasteiger partial charge >= 0.3 is 0 Å². The Bertz CT molecular complexity index is 548. The maximum Gasteiger partial charge on any atom is 0.169 e. The molecule has 3 N–H and O–H groups in total. The molecule has 17 heavy (non-hydrogen) atoms. The average molecular weight is 232 g/mol. The summed E-state index contributed by atoms with van der Waals surface area (Å²) in [7, 11) is 1.66. The van der Waals surface area contributed by atoms with Crippen LogP contribution >= 0.6 is 0 Å². The van der Waals surface area contributed by atoms with Gasteiger partial charge in [-0.05, 0) is 19.1 Å². The molecule has 1 aromatic rings. The molecular formula is C11H12N4O2. The van der Waals surface area contributed by atoms with Crippen LogP contribution in [0.2, 0.25) is 0 Å². The quantitative estimate of drug-likeness (QED) is 0.684. The summed E-state index contributed by atoms with van der Waals surface area (Å²) < 4.78 is 0. The highest BCUT2D eigenvalue weighted by molar-refractivity contribution is 6.69. The van der Waals surface area contributed by atoms with Crippen LogP contribution < -0.4 is 0 Å². The number of phenols is 2. The van der Waals surface area contributed by atoms with Crippen molar-refractivity contribution in [2.24, 2.45) is 10.1 Å². The number of amidine groups is 1. The second kappa shape index (κ2) is 3.89. The lowest BCUT2D eigenvalue weighted by molar-refractivity contribution is 0.451. The summed E-state index contributed by atoms with van der Waals surface area (Å²) in [4.78, 5) is 4.17. The van der Waals surface area contributed by atoms with Crippen LogP contribution in [0.15, 0.2) is 28.3 Å². The second-order valence-corrected chi connectivity index (χ2v) is 3.69. The van der Waals surface area contributed by atoms with Crippen LogP contribution in [0.25, 0.3) is 0 Å². The lowest BCUT2D eigenvalue weighted by Gasteiger charge is -2.05. The van der Waals surface area contributed by atoms with Crippen LogP contribution in [0.3, 0.4) is 0 Å². The zero-order valence-electron chi connectivity index (χ0n) is 9.47. The molecule has 0 saturated carbocycles. The molecule has 1 heterocycles. The van der Waals surface area contributed by atoms with E-state index >= 15 is 0 Å². The Labute approximate surface area is 98.0 Å². The summed E-state index contributed by atoms with van der Waals surface area (Å²) in [6, 6.07) is 4.11. The number of benzene rings is 1. The first kappa shape index (κ1) is 11.1. The van der Waals surface area contributed by atoms with Crippen LogP contribution in [0.1, 0.15) is 6.92 Å². The van der Waals surface area contributed by atoms with Crippen molar-refractivity contribution in [1.82, 2.24) is 5.01 Å². The molecule has 1 aliphatic heterocycles. The molecule has 6 heteroatoms. The van der Waals surface area contributed by atoms with Crippen LogP contribution in [0.4, 0.5) is 5.69 Å². The second-order valence-electron chi connectivity index (χ2n) is 3.69. The number of hydrogen-bond donors (Lipinski definition) is 3. The number of phenolic OH excluding ortho intramolecular Hbond substituents is 2. The third-order valence-corrected chi connectivity index (χ3v) is 2.38. The molecule has 2 rings (SSSR count). The number of hydrazone groups is 1. The number of nitrogens with zero attached hydrogens (tertiary/aromatic N) is 3. The predicted octanol–water partition coefficient (Wildman–Crippen LogP) is 1.47. The van der Waals surface area contributed by atoms with Crippen LogP contribution in [0, 0.1) is 5.41 Å². The molecule has 1 aromatic carbocycles. The Morgan fingerprint density at radius 1 is 1.35 bits per heavy atom. The molecule has 0 saturated heterocycles. The first-order chi connectivity index (χ1) is 7.99. The van der Waals surface area contributed by atoms with Gasteiger partial charge in [-0.1, -0.05) is 0 Å². The molecule has 1 aliphatic rings. The van der Waals surface area contributed by atoms with E-state index in [-0.39, 0.29) is 17.3 Å². The van der Waals surface area contributed by atoms with E-state index in [1.165, 1.54) is 23.2 Å². The number of aliphatic imine (C=N–C) groups is 1. The van der Waals surface area contributed by atoms with Crippen LogP contribution in [0.5, 0.6) is 11.5 Å². The van der Waals surface area contributed by atoms with Gasteiger partial charge in [0.25, 0.3) is 0 Å². The van der Waals surface area contributed by atoms with Crippen molar-refractivity contribution < 1.29 is 10.2 Å². The molecule has 0 bridgehead atoms. The summed E-state index contributed by atoms with van der Waals surface area (Å²) in [5.74, 6) is 0.0121. The summed E-state index contributed by atoms with van der Waals surface area (Å²) in [5, 5.41) is 32.0. The van der Waals surface area contributed by atoms with Gasteiger partial charge in [0, 0.05) is 13.1 Å². The van der Waals surface area contributed by atoms with Crippen molar-refractivity contribution in [1.29, 1.82) is 5.41 Å². The van der Waals surface area contributed by atoms with Crippen molar-refractivity contribution >= 4 is 22.9 Å². The highest BCUT2D eigenvalue weighted by Gasteiger charge is 2.22. The first-order valence-electron chi connectivity index (χ1n) is 4.98. The fraction of sp³-hybridized carbons (Fsp3) is 0.182. The van der Waals surface area contributed by atoms with E-state index < -0.39 is 0 Å². The molecular weight excluding hydrogens is 220 g/mol. The lowest BCUT2D eigenvalue weighted by Crippen LogP contribution is -2.23. The van der Waals surface area contributed by atoms with E-state index in [1.807, 2.05) is 0 Å². The number of hydrogen-bond acceptors (Lipinski definition) is 5. The zero-order chi connectivity index (χ0) is 12.6. The van der Waals surface area contributed by atoms with Gasteiger partial charge in [0.15, 0.2) is 5.84 Å². The minimum atomic E-state index is -0.132. The van der Waals surface area contributed by atoms with Gasteiger partial charge in [-0.25, -0.2) is 10.0 Å². The van der Waals surface area contributed by atoms with E-state index in [0.717, 1.165) is 0 Å². The predicted molar refractivity (Wildman–Crippen MR) is 65.5 cm³/mol. The van der Waals surface area contributed by atoms with Crippen molar-refractivity contribution in [2.75, 3.05) is 7.05 Å². The number of aromatic hydroxyl groups is 2. The molecule has 0 atom stereocenters. The van der Waals surface area contributed by atoms with E-state index in [2.05, 4.69) is 10.1 Å². The Morgan fingerprint density at radius 3 is 2.59 bits per heavy atom. The van der Waals surface area contributed by atoms with E-state index in [4.69, 9.17) is 10.5 Å². The molecule has 0 radical (unpaired) electrons. The third kappa shape index (κ3) is 1.96. The highest BCUT2D eigenvalue weighted by Crippen LogP contribution is 2.30. The monoisotopic (exact) mass is 232 g/mol. The van der Waals surface area contributed by atoms with Crippen molar-refractivity contribution in [3.63, 3.8) is 0 Å². The Hall–Kier alpha value is -2.37. The Morgan fingerprint density at radius 2 is 2.06 bits per heavy atom. The van der Waals surface area contributed by atoms with Gasteiger partial charge in [0.2, 0.25) is 0 Å². The van der Waals surface area contributed by atoms with Crippen molar-refractivity contribution in [2.45, 2.75) is 6.92 Å². The molecule has 0 amide bonds. The van der Waals surface area contributed by atoms with E-state index in [9.17, 15) is 5.11 Å². The largest absolute Gasteiger partial charge is 0.508 e. The summed E-state index contributed by atoms with van der Waals surface area (Å²) in [5.41, 5.74) is 1.32. The molecule has 0 unspecified atom stereocenters.